The molecule has 0 radical (unpaired) electrons. The standard InChI is InChI=1S/C12H18N2O2/c1-2-10(13)12(16)14-11(8-15)9-6-4-3-5-7-9/h3-7,10-11,15H,2,8,13H2,1H3,(H,14,16)/t10-,11+/m1/s1. The lowest BCUT2D eigenvalue weighted by molar-refractivity contribution is -0.123. The Labute approximate surface area is 95.5 Å². The van der Waals surface area contributed by atoms with Crippen LogP contribution in [0.2, 0.25) is 0 Å². The molecular weight excluding hydrogens is 204 g/mol. The molecule has 2 atom stereocenters. The number of benzene rings is 1. The van der Waals surface area contributed by atoms with Crippen LogP contribution in [0.1, 0.15) is 24.9 Å². The molecule has 0 aliphatic heterocycles. The molecule has 0 aliphatic carbocycles. The second kappa shape index (κ2) is 6.25. The number of amides is 1. The van der Waals surface area contributed by atoms with Gasteiger partial charge in [-0.2, -0.15) is 0 Å². The van der Waals surface area contributed by atoms with Crippen molar-refractivity contribution in [1.29, 1.82) is 0 Å². The van der Waals surface area contributed by atoms with Gasteiger partial charge < -0.3 is 16.2 Å². The lowest BCUT2D eigenvalue weighted by Crippen LogP contribution is -2.42. The van der Waals surface area contributed by atoms with Crippen LogP contribution in [0.3, 0.4) is 0 Å². The Balaban J connectivity index is 2.66. The minimum Gasteiger partial charge on any atom is -0.394 e. The number of aliphatic hydroxyl groups excluding tert-OH is 1. The van der Waals surface area contributed by atoms with E-state index in [1.807, 2.05) is 37.3 Å². The van der Waals surface area contributed by atoms with Gasteiger partial charge in [0.05, 0.1) is 18.7 Å². The molecule has 0 aromatic heterocycles. The van der Waals surface area contributed by atoms with E-state index in [2.05, 4.69) is 5.32 Å². The molecule has 0 saturated heterocycles. The summed E-state index contributed by atoms with van der Waals surface area (Å²) in [6.45, 7) is 1.72. The zero-order valence-corrected chi connectivity index (χ0v) is 9.39. The van der Waals surface area contributed by atoms with Gasteiger partial charge in [0.1, 0.15) is 0 Å². The van der Waals surface area contributed by atoms with E-state index in [1.54, 1.807) is 0 Å². The van der Waals surface area contributed by atoms with Gasteiger partial charge in [0, 0.05) is 0 Å². The summed E-state index contributed by atoms with van der Waals surface area (Å²) >= 11 is 0. The molecule has 0 bridgehead atoms. The van der Waals surface area contributed by atoms with Crippen molar-refractivity contribution in [3.8, 4) is 0 Å². The van der Waals surface area contributed by atoms with Gasteiger partial charge >= 0.3 is 0 Å². The molecule has 4 nitrogen and oxygen atoms in total. The molecule has 88 valence electrons. The number of nitrogens with two attached hydrogens (primary N) is 1. The fraction of sp³-hybridized carbons (Fsp3) is 0.417. The number of hydrogen-bond acceptors (Lipinski definition) is 3. The van der Waals surface area contributed by atoms with Crippen LogP contribution in [-0.2, 0) is 4.79 Å². The maximum atomic E-state index is 11.6. The molecule has 0 saturated carbocycles. The van der Waals surface area contributed by atoms with Crippen LogP contribution in [0.4, 0.5) is 0 Å². The predicted octanol–water partition coefficient (Wildman–Crippen LogP) is 0.573. The van der Waals surface area contributed by atoms with Crippen LogP contribution in [0, 0.1) is 0 Å². The van der Waals surface area contributed by atoms with Crippen LogP contribution in [0.25, 0.3) is 0 Å². The van der Waals surface area contributed by atoms with E-state index in [0.29, 0.717) is 6.42 Å². The Morgan fingerprint density at radius 1 is 1.44 bits per heavy atom. The van der Waals surface area contributed by atoms with E-state index in [-0.39, 0.29) is 18.6 Å². The molecular formula is C12H18N2O2. The number of carbonyl (C=O) groups excluding carboxylic acids is 1. The minimum atomic E-state index is -0.516. The number of aliphatic hydroxyl groups is 1. The molecule has 16 heavy (non-hydrogen) atoms. The van der Waals surface area contributed by atoms with Crippen LogP contribution in [-0.4, -0.2) is 23.7 Å². The fourth-order valence-electron chi connectivity index (χ4n) is 1.38. The number of nitrogens with one attached hydrogen (secondary N) is 1. The van der Waals surface area contributed by atoms with Crippen molar-refractivity contribution >= 4 is 5.91 Å². The highest BCUT2D eigenvalue weighted by Crippen LogP contribution is 2.11. The van der Waals surface area contributed by atoms with Crippen molar-refractivity contribution in [2.45, 2.75) is 25.4 Å². The Bertz CT molecular complexity index is 327. The topological polar surface area (TPSA) is 75.4 Å². The first-order valence-corrected chi connectivity index (χ1v) is 5.40. The van der Waals surface area contributed by atoms with Gasteiger partial charge in [-0.25, -0.2) is 0 Å². The average Bonchev–Trinajstić information content (AvgIpc) is 2.35. The second-order valence-corrected chi connectivity index (χ2v) is 3.67. The third kappa shape index (κ3) is 3.32. The van der Waals surface area contributed by atoms with Crippen molar-refractivity contribution in [2.24, 2.45) is 5.73 Å². The van der Waals surface area contributed by atoms with E-state index in [4.69, 9.17) is 5.73 Å². The summed E-state index contributed by atoms with van der Waals surface area (Å²) in [5, 5.41) is 11.9. The monoisotopic (exact) mass is 222 g/mol. The number of carbonyl (C=O) groups is 1. The maximum Gasteiger partial charge on any atom is 0.237 e. The maximum absolute atomic E-state index is 11.6. The fourth-order valence-corrected chi connectivity index (χ4v) is 1.38. The van der Waals surface area contributed by atoms with Gasteiger partial charge in [0.15, 0.2) is 0 Å². The van der Waals surface area contributed by atoms with E-state index >= 15 is 0 Å². The van der Waals surface area contributed by atoms with Crippen molar-refractivity contribution < 1.29 is 9.90 Å². The highest BCUT2D eigenvalue weighted by atomic mass is 16.3. The van der Waals surface area contributed by atoms with Gasteiger partial charge in [-0.15, -0.1) is 0 Å². The first-order chi connectivity index (χ1) is 7.69. The van der Waals surface area contributed by atoms with Crippen molar-refractivity contribution in [1.82, 2.24) is 5.32 Å². The van der Waals surface area contributed by atoms with Crippen LogP contribution in [0.5, 0.6) is 0 Å². The quantitative estimate of drug-likeness (QED) is 0.682. The lowest BCUT2D eigenvalue weighted by Gasteiger charge is -2.18. The largest absolute Gasteiger partial charge is 0.394 e. The first kappa shape index (κ1) is 12.7. The van der Waals surface area contributed by atoms with Crippen molar-refractivity contribution in [3.63, 3.8) is 0 Å². The predicted molar refractivity (Wildman–Crippen MR) is 62.7 cm³/mol. The Hall–Kier alpha value is -1.39. The number of hydrogen-bond donors (Lipinski definition) is 3. The minimum absolute atomic E-state index is 0.133. The molecule has 0 spiro atoms. The normalized spacial score (nSPS) is 14.2. The van der Waals surface area contributed by atoms with E-state index in [9.17, 15) is 9.90 Å². The molecule has 0 unspecified atom stereocenters. The third-order valence-electron chi connectivity index (χ3n) is 2.48. The smallest absolute Gasteiger partial charge is 0.237 e. The first-order valence-electron chi connectivity index (χ1n) is 5.40. The summed E-state index contributed by atoms with van der Waals surface area (Å²) in [5.74, 6) is -0.231. The van der Waals surface area contributed by atoms with Crippen LogP contribution >= 0.6 is 0 Å². The van der Waals surface area contributed by atoms with Crippen molar-refractivity contribution in [2.75, 3.05) is 6.61 Å². The zero-order valence-electron chi connectivity index (χ0n) is 9.39. The van der Waals surface area contributed by atoms with Gasteiger partial charge in [-0.1, -0.05) is 37.3 Å². The highest BCUT2D eigenvalue weighted by Gasteiger charge is 2.17. The van der Waals surface area contributed by atoms with Crippen molar-refractivity contribution in [3.05, 3.63) is 35.9 Å². The Morgan fingerprint density at radius 2 is 2.06 bits per heavy atom. The SMILES string of the molecule is CC[C@@H](N)C(=O)N[C@@H](CO)c1ccccc1. The molecule has 4 N–H and O–H groups in total. The Kier molecular flexibility index (Phi) is 4.95. The molecule has 1 amide bonds. The summed E-state index contributed by atoms with van der Waals surface area (Å²) in [4.78, 5) is 11.6. The molecule has 1 rings (SSSR count). The van der Waals surface area contributed by atoms with Crippen LogP contribution in [0.15, 0.2) is 30.3 Å². The summed E-state index contributed by atoms with van der Waals surface area (Å²) < 4.78 is 0. The zero-order chi connectivity index (χ0) is 12.0. The molecule has 0 aliphatic rings. The molecule has 1 aromatic rings. The van der Waals surface area contributed by atoms with Gasteiger partial charge in [-0.05, 0) is 12.0 Å². The average molecular weight is 222 g/mol. The Morgan fingerprint density at radius 3 is 2.56 bits per heavy atom. The lowest BCUT2D eigenvalue weighted by atomic mass is 10.1. The molecule has 0 fully saturated rings. The molecule has 4 heteroatoms. The van der Waals surface area contributed by atoms with E-state index in [0.717, 1.165) is 5.56 Å². The van der Waals surface area contributed by atoms with Gasteiger partial charge in [0.2, 0.25) is 5.91 Å². The highest BCUT2D eigenvalue weighted by molar-refractivity contribution is 5.81. The van der Waals surface area contributed by atoms with E-state index < -0.39 is 6.04 Å². The molecule has 0 heterocycles. The summed E-state index contributed by atoms with van der Waals surface area (Å²) in [6.07, 6.45) is 0.582. The second-order valence-electron chi connectivity index (χ2n) is 3.67. The third-order valence-corrected chi connectivity index (χ3v) is 2.48. The van der Waals surface area contributed by atoms with E-state index in [1.165, 1.54) is 0 Å². The van der Waals surface area contributed by atoms with Crippen LogP contribution < -0.4 is 11.1 Å². The number of rotatable bonds is 5. The summed E-state index contributed by atoms with van der Waals surface area (Å²) in [7, 11) is 0. The van der Waals surface area contributed by atoms with Gasteiger partial charge in [-0.3, -0.25) is 4.79 Å². The molecule has 1 aromatic carbocycles. The van der Waals surface area contributed by atoms with Gasteiger partial charge in [0.25, 0.3) is 0 Å². The summed E-state index contributed by atoms with van der Waals surface area (Å²) in [6, 6.07) is 8.44. The summed E-state index contributed by atoms with van der Waals surface area (Å²) in [5.41, 5.74) is 6.48.